The summed E-state index contributed by atoms with van der Waals surface area (Å²) in [6, 6.07) is 4.76. The zero-order chi connectivity index (χ0) is 15.8. The average Bonchev–Trinajstić information content (AvgIpc) is 2.47. The lowest BCUT2D eigenvalue weighted by Crippen LogP contribution is -2.07. The molecule has 0 unspecified atom stereocenters. The van der Waals surface area contributed by atoms with Gasteiger partial charge in [-0.15, -0.1) is 0 Å². The minimum absolute atomic E-state index is 0.0800. The molecule has 1 aromatic rings. The van der Waals surface area contributed by atoms with E-state index in [1.807, 2.05) is 6.92 Å². The van der Waals surface area contributed by atoms with Crippen LogP contribution in [0.15, 0.2) is 22.2 Å². The van der Waals surface area contributed by atoms with Crippen LogP contribution in [-0.4, -0.2) is 24.8 Å². The van der Waals surface area contributed by atoms with Crippen LogP contribution in [0.4, 0.5) is 0 Å². The third-order valence-corrected chi connectivity index (χ3v) is 3.36. The van der Waals surface area contributed by atoms with Gasteiger partial charge < -0.3 is 14.6 Å². The van der Waals surface area contributed by atoms with E-state index in [0.29, 0.717) is 15.8 Å². The van der Waals surface area contributed by atoms with Crippen molar-refractivity contribution in [1.82, 2.24) is 0 Å². The number of unbranched alkanes of at least 4 members (excludes halogenated alkanes) is 1. The van der Waals surface area contributed by atoms with Gasteiger partial charge >= 0.3 is 5.97 Å². The molecule has 0 aliphatic rings. The smallest absolute Gasteiger partial charge is 0.348 e. The van der Waals surface area contributed by atoms with Gasteiger partial charge in [0.2, 0.25) is 0 Å². The highest BCUT2D eigenvalue weighted by Gasteiger charge is 2.13. The fourth-order valence-corrected chi connectivity index (χ4v) is 1.95. The number of aromatic hydroxyl groups is 1. The Kier molecular flexibility index (Phi) is 6.76. The van der Waals surface area contributed by atoms with Crippen LogP contribution in [0.25, 0.3) is 6.08 Å². The molecule has 6 heteroatoms. The van der Waals surface area contributed by atoms with Crippen molar-refractivity contribution in [1.29, 1.82) is 5.26 Å². The molecule has 0 aromatic heterocycles. The predicted octanol–water partition coefficient (Wildman–Crippen LogP) is 3.41. The molecule has 0 atom stereocenters. The fourth-order valence-electron chi connectivity index (χ4n) is 1.51. The number of hydrogen-bond donors (Lipinski definition) is 1. The second-order valence-electron chi connectivity index (χ2n) is 4.20. The Balaban J connectivity index is 3.01. The quantitative estimate of drug-likeness (QED) is 0.367. The maximum absolute atomic E-state index is 11.8. The summed E-state index contributed by atoms with van der Waals surface area (Å²) >= 11 is 3.30. The number of carbonyl (C=O) groups is 1. The minimum atomic E-state index is -0.673. The Labute approximate surface area is 131 Å². The average molecular weight is 354 g/mol. The molecule has 1 rings (SSSR count). The molecule has 0 bridgehead atoms. The molecule has 0 aliphatic heterocycles. The van der Waals surface area contributed by atoms with Crippen LogP contribution in [0.3, 0.4) is 0 Å². The third-order valence-electron chi connectivity index (χ3n) is 2.67. The number of hydrogen-bond acceptors (Lipinski definition) is 5. The largest absolute Gasteiger partial charge is 0.504 e. The lowest BCUT2D eigenvalue weighted by molar-refractivity contribution is -0.138. The van der Waals surface area contributed by atoms with Crippen LogP contribution in [0.2, 0.25) is 0 Å². The minimum Gasteiger partial charge on any atom is -0.504 e. The summed E-state index contributed by atoms with van der Waals surface area (Å²) < 4.78 is 10.5. The molecular weight excluding hydrogens is 338 g/mol. The van der Waals surface area contributed by atoms with E-state index in [1.165, 1.54) is 19.3 Å². The van der Waals surface area contributed by atoms with Crippen LogP contribution >= 0.6 is 15.9 Å². The number of methoxy groups -OCH3 is 1. The number of phenols is 1. The maximum atomic E-state index is 11.8. The van der Waals surface area contributed by atoms with Crippen molar-refractivity contribution < 1.29 is 19.4 Å². The highest BCUT2D eigenvalue weighted by molar-refractivity contribution is 9.10. The molecule has 0 aliphatic carbocycles. The van der Waals surface area contributed by atoms with Crippen molar-refractivity contribution in [2.24, 2.45) is 0 Å². The molecule has 0 radical (unpaired) electrons. The van der Waals surface area contributed by atoms with Crippen LogP contribution in [0, 0.1) is 11.3 Å². The van der Waals surface area contributed by atoms with Crippen molar-refractivity contribution in [3.8, 4) is 17.6 Å². The number of benzene rings is 1. The van der Waals surface area contributed by atoms with Gasteiger partial charge in [0.25, 0.3) is 0 Å². The summed E-state index contributed by atoms with van der Waals surface area (Å²) in [5.41, 5.74) is 0.355. The highest BCUT2D eigenvalue weighted by atomic mass is 79.9. The number of esters is 1. The first-order valence-corrected chi connectivity index (χ1v) is 7.18. The van der Waals surface area contributed by atoms with Crippen molar-refractivity contribution in [2.75, 3.05) is 13.7 Å². The molecule has 0 fully saturated rings. The van der Waals surface area contributed by atoms with Crippen LogP contribution in [-0.2, 0) is 9.53 Å². The normalized spacial score (nSPS) is 10.9. The van der Waals surface area contributed by atoms with E-state index in [4.69, 9.17) is 14.7 Å². The van der Waals surface area contributed by atoms with Gasteiger partial charge in [-0.1, -0.05) is 29.3 Å². The predicted molar refractivity (Wildman–Crippen MR) is 81.8 cm³/mol. The Morgan fingerprint density at radius 1 is 1.52 bits per heavy atom. The van der Waals surface area contributed by atoms with Gasteiger partial charge in [0.05, 0.1) is 13.7 Å². The first kappa shape index (κ1) is 17.1. The molecule has 1 N–H and O–H groups in total. The molecule has 21 heavy (non-hydrogen) atoms. The van der Waals surface area contributed by atoms with Crippen molar-refractivity contribution in [2.45, 2.75) is 19.8 Å². The van der Waals surface area contributed by atoms with E-state index in [-0.39, 0.29) is 17.9 Å². The standard InChI is InChI=1S/C15H16BrNO4/c1-3-4-5-21-15(19)11(9-17)6-10-7-13(18)14(20-2)8-12(10)16/h6-8,18H,3-5H2,1-2H3/b11-6+. The van der Waals surface area contributed by atoms with Crippen LogP contribution in [0.1, 0.15) is 25.3 Å². The van der Waals surface area contributed by atoms with E-state index < -0.39 is 5.97 Å². The highest BCUT2D eigenvalue weighted by Crippen LogP contribution is 2.33. The number of nitrogens with zero attached hydrogens (tertiary/aromatic N) is 1. The second-order valence-corrected chi connectivity index (χ2v) is 5.06. The number of carbonyl (C=O) groups excluding carboxylic acids is 1. The SMILES string of the molecule is CCCCOC(=O)/C(C#N)=C/c1cc(O)c(OC)cc1Br. The molecule has 0 heterocycles. The summed E-state index contributed by atoms with van der Waals surface area (Å²) in [5, 5.41) is 18.8. The first-order chi connectivity index (χ1) is 10.0. The van der Waals surface area contributed by atoms with Gasteiger partial charge in [0.15, 0.2) is 11.5 Å². The summed E-state index contributed by atoms with van der Waals surface area (Å²) in [6.45, 7) is 2.26. The van der Waals surface area contributed by atoms with Gasteiger partial charge in [0, 0.05) is 4.47 Å². The molecule has 0 spiro atoms. The van der Waals surface area contributed by atoms with Gasteiger partial charge in [0.1, 0.15) is 11.6 Å². The molecule has 0 saturated carbocycles. The van der Waals surface area contributed by atoms with Crippen LogP contribution < -0.4 is 4.74 Å². The molecule has 0 amide bonds. The number of halogens is 1. The van der Waals surface area contributed by atoms with E-state index in [9.17, 15) is 9.90 Å². The van der Waals surface area contributed by atoms with Crippen molar-refractivity contribution in [3.05, 3.63) is 27.7 Å². The zero-order valence-corrected chi connectivity index (χ0v) is 13.4. The summed E-state index contributed by atoms with van der Waals surface area (Å²) in [6.07, 6.45) is 3.01. The summed E-state index contributed by atoms with van der Waals surface area (Å²) in [7, 11) is 1.43. The molecule has 1 aromatic carbocycles. The second kappa shape index (κ2) is 8.32. The van der Waals surface area contributed by atoms with Gasteiger partial charge in [-0.25, -0.2) is 4.79 Å². The molecular formula is C15H16BrNO4. The number of nitriles is 1. The summed E-state index contributed by atoms with van der Waals surface area (Å²) in [4.78, 5) is 11.8. The first-order valence-electron chi connectivity index (χ1n) is 6.38. The Morgan fingerprint density at radius 2 is 2.24 bits per heavy atom. The Bertz CT molecular complexity index is 590. The van der Waals surface area contributed by atoms with E-state index in [0.717, 1.165) is 12.8 Å². The topological polar surface area (TPSA) is 79.6 Å². The number of rotatable bonds is 6. The van der Waals surface area contributed by atoms with E-state index in [1.54, 1.807) is 12.1 Å². The van der Waals surface area contributed by atoms with Gasteiger partial charge in [-0.2, -0.15) is 5.26 Å². The van der Waals surface area contributed by atoms with E-state index >= 15 is 0 Å². The maximum Gasteiger partial charge on any atom is 0.348 e. The zero-order valence-electron chi connectivity index (χ0n) is 11.9. The molecule has 0 saturated heterocycles. The lowest BCUT2D eigenvalue weighted by atomic mass is 10.1. The fraction of sp³-hybridized carbons (Fsp3) is 0.333. The van der Waals surface area contributed by atoms with Crippen molar-refractivity contribution >= 4 is 28.0 Å². The third kappa shape index (κ3) is 4.80. The van der Waals surface area contributed by atoms with Crippen LogP contribution in [0.5, 0.6) is 11.5 Å². The molecule has 5 nitrogen and oxygen atoms in total. The lowest BCUT2D eigenvalue weighted by Gasteiger charge is -2.07. The Morgan fingerprint density at radius 3 is 2.81 bits per heavy atom. The molecule has 112 valence electrons. The Hall–Kier alpha value is -2.00. The monoisotopic (exact) mass is 353 g/mol. The van der Waals surface area contributed by atoms with Crippen molar-refractivity contribution in [3.63, 3.8) is 0 Å². The van der Waals surface area contributed by atoms with Gasteiger partial charge in [-0.05, 0) is 30.2 Å². The number of phenolic OH excluding ortho intramolecular Hbond substituents is 1. The van der Waals surface area contributed by atoms with Gasteiger partial charge in [-0.3, -0.25) is 0 Å². The number of ether oxygens (including phenoxy) is 2. The summed E-state index contributed by atoms with van der Waals surface area (Å²) in [5.74, 6) is -0.459. The van der Waals surface area contributed by atoms with E-state index in [2.05, 4.69) is 15.9 Å².